The van der Waals surface area contributed by atoms with Gasteiger partial charge in [0.15, 0.2) is 5.78 Å². The summed E-state index contributed by atoms with van der Waals surface area (Å²) >= 11 is 0. The maximum absolute atomic E-state index is 15.0. The highest BCUT2D eigenvalue weighted by atomic mass is 19.3. The van der Waals surface area contributed by atoms with Crippen molar-refractivity contribution in [3.63, 3.8) is 0 Å². The number of carbonyl (C=O) groups is 1. The van der Waals surface area contributed by atoms with Gasteiger partial charge >= 0.3 is 0 Å². The number of benzene rings is 2. The Kier molecular flexibility index (Phi) is 8.46. The predicted molar refractivity (Wildman–Crippen MR) is 159 cm³/mol. The van der Waals surface area contributed by atoms with Gasteiger partial charge < -0.3 is 4.57 Å². The van der Waals surface area contributed by atoms with Gasteiger partial charge in [-0.3, -0.25) is 19.3 Å². The molecule has 0 N–H and O–H groups in total. The van der Waals surface area contributed by atoms with Crippen molar-refractivity contribution in [3.05, 3.63) is 117 Å². The van der Waals surface area contributed by atoms with Crippen LogP contribution < -0.4 is 5.56 Å². The molecule has 0 unspecified atom stereocenters. The fourth-order valence-corrected chi connectivity index (χ4v) is 6.31. The van der Waals surface area contributed by atoms with Crippen molar-refractivity contribution in [2.75, 3.05) is 0 Å². The van der Waals surface area contributed by atoms with E-state index in [1.54, 1.807) is 49.6 Å². The quantitative estimate of drug-likeness (QED) is 0.149. The van der Waals surface area contributed by atoms with Crippen molar-refractivity contribution in [2.45, 2.75) is 56.4 Å². The topological polar surface area (TPSA) is 69.8 Å². The Labute approximate surface area is 267 Å². The van der Waals surface area contributed by atoms with Crippen LogP contribution in [0.3, 0.4) is 0 Å². The number of Topliss-reactive ketones (excluding diaryl/α,β-unsaturated/α-hetero) is 1. The molecular formula is C34H26F8N4O2. The first-order valence-corrected chi connectivity index (χ1v) is 14.8. The lowest BCUT2D eigenvalue weighted by molar-refractivity contribution is -0.121. The maximum Gasteiger partial charge on any atom is 0.290 e. The molecule has 0 fully saturated rings. The van der Waals surface area contributed by atoms with Gasteiger partial charge in [-0.1, -0.05) is 18.2 Å². The van der Waals surface area contributed by atoms with Crippen LogP contribution in [-0.4, -0.2) is 25.1 Å². The number of ketones is 1. The summed E-state index contributed by atoms with van der Waals surface area (Å²) in [6, 6.07) is 12.8. The largest absolute Gasteiger partial charge is 0.318 e. The zero-order chi connectivity index (χ0) is 34.5. The van der Waals surface area contributed by atoms with Gasteiger partial charge in [0.1, 0.15) is 29.6 Å². The number of hydrogen-bond donors (Lipinski definition) is 0. The SMILES string of the molecule is Cn1ccc2ccc(-c3cccnc3[C@@H](CC(=O)Cn3nc(C(F)F)c4c3C(F)(F)CCC4(F)F)Cc3cc(F)cc(F)c3)cc2c1=O. The van der Waals surface area contributed by atoms with Gasteiger partial charge in [-0.05, 0) is 53.3 Å². The minimum absolute atomic E-state index is 0.122. The van der Waals surface area contributed by atoms with E-state index in [1.165, 1.54) is 10.8 Å². The van der Waals surface area contributed by atoms with Gasteiger partial charge in [-0.25, -0.2) is 26.3 Å². The number of aryl methyl sites for hydroxylation is 1. The summed E-state index contributed by atoms with van der Waals surface area (Å²) < 4.78 is 117. The number of rotatable bonds is 9. The van der Waals surface area contributed by atoms with Crippen LogP contribution >= 0.6 is 0 Å². The van der Waals surface area contributed by atoms with Crippen LogP contribution in [0.25, 0.3) is 21.9 Å². The van der Waals surface area contributed by atoms with Crippen molar-refractivity contribution in [2.24, 2.45) is 7.05 Å². The lowest BCUT2D eigenvalue weighted by Crippen LogP contribution is -2.33. The van der Waals surface area contributed by atoms with E-state index in [-0.39, 0.29) is 27.9 Å². The van der Waals surface area contributed by atoms with Crippen LogP contribution in [0.5, 0.6) is 0 Å². The van der Waals surface area contributed by atoms with Crippen molar-refractivity contribution in [1.29, 1.82) is 0 Å². The molecule has 14 heteroatoms. The lowest BCUT2D eigenvalue weighted by atomic mass is 9.86. The molecule has 3 heterocycles. The second-order valence-electron chi connectivity index (χ2n) is 11.9. The molecule has 1 aliphatic carbocycles. The Morgan fingerprint density at radius 1 is 0.938 bits per heavy atom. The summed E-state index contributed by atoms with van der Waals surface area (Å²) in [4.78, 5) is 30.9. The number of fused-ring (bicyclic) bond motifs is 2. The molecule has 5 aromatic rings. The average Bonchev–Trinajstić information content (AvgIpc) is 3.42. The van der Waals surface area contributed by atoms with Crippen molar-refractivity contribution in [3.8, 4) is 11.1 Å². The molecule has 250 valence electrons. The summed E-state index contributed by atoms with van der Waals surface area (Å²) in [6.45, 7) is -1.05. The van der Waals surface area contributed by atoms with Crippen LogP contribution in [0.2, 0.25) is 0 Å². The maximum atomic E-state index is 15.0. The molecular weight excluding hydrogens is 648 g/mol. The number of nitrogens with zero attached hydrogens (tertiary/aromatic N) is 4. The van der Waals surface area contributed by atoms with Crippen LogP contribution in [0.4, 0.5) is 35.1 Å². The Morgan fingerprint density at radius 2 is 1.65 bits per heavy atom. The molecule has 0 saturated heterocycles. The fourth-order valence-electron chi connectivity index (χ4n) is 6.31. The van der Waals surface area contributed by atoms with Crippen molar-refractivity contribution in [1.82, 2.24) is 19.3 Å². The van der Waals surface area contributed by atoms with Gasteiger partial charge in [0.05, 0.1) is 11.3 Å². The van der Waals surface area contributed by atoms with E-state index in [2.05, 4.69) is 10.1 Å². The van der Waals surface area contributed by atoms with E-state index < -0.39 is 84.4 Å². The molecule has 1 atom stereocenters. The monoisotopic (exact) mass is 674 g/mol. The first-order chi connectivity index (χ1) is 22.6. The summed E-state index contributed by atoms with van der Waals surface area (Å²) in [5.41, 5.74) is -3.50. The number of pyridine rings is 2. The predicted octanol–water partition coefficient (Wildman–Crippen LogP) is 7.98. The highest BCUT2D eigenvalue weighted by Crippen LogP contribution is 2.52. The molecule has 0 spiro atoms. The molecule has 0 radical (unpaired) electrons. The first kappa shape index (κ1) is 33.0. The molecule has 0 bridgehead atoms. The Bertz CT molecular complexity index is 2090. The molecule has 0 aliphatic heterocycles. The van der Waals surface area contributed by atoms with E-state index in [4.69, 9.17) is 0 Å². The van der Waals surface area contributed by atoms with E-state index in [0.717, 1.165) is 12.1 Å². The van der Waals surface area contributed by atoms with Gasteiger partial charge in [-0.2, -0.15) is 13.9 Å². The summed E-state index contributed by atoms with van der Waals surface area (Å²) in [7, 11) is 1.59. The minimum atomic E-state index is -4.02. The third-order valence-corrected chi connectivity index (χ3v) is 8.47. The zero-order valence-corrected chi connectivity index (χ0v) is 25.2. The summed E-state index contributed by atoms with van der Waals surface area (Å²) in [6.07, 6.45) is -4.02. The zero-order valence-electron chi connectivity index (χ0n) is 25.2. The third-order valence-electron chi connectivity index (χ3n) is 8.47. The first-order valence-electron chi connectivity index (χ1n) is 14.8. The number of aromatic nitrogens is 4. The van der Waals surface area contributed by atoms with Crippen molar-refractivity contribution >= 4 is 16.6 Å². The lowest BCUT2D eigenvalue weighted by Gasteiger charge is -2.29. The number of hydrogen-bond acceptors (Lipinski definition) is 4. The minimum Gasteiger partial charge on any atom is -0.318 e. The average molecular weight is 675 g/mol. The summed E-state index contributed by atoms with van der Waals surface area (Å²) in [5, 5.41) is 4.39. The van der Waals surface area contributed by atoms with E-state index in [9.17, 15) is 44.7 Å². The number of alkyl halides is 6. The number of halogens is 8. The van der Waals surface area contributed by atoms with Crippen molar-refractivity contribution < 1.29 is 39.9 Å². The van der Waals surface area contributed by atoms with Crippen LogP contribution in [0.15, 0.2) is 71.8 Å². The van der Waals surface area contributed by atoms with Gasteiger partial charge in [0.25, 0.3) is 23.8 Å². The second kappa shape index (κ2) is 12.3. The summed E-state index contributed by atoms with van der Waals surface area (Å²) in [5.74, 6) is -11.6. The standard InChI is InChI=1S/C34H26F8N4O2/c1-45-10-6-19-4-5-20(15-26(19)32(45)48)25-3-2-9-43-28(25)21(11-18-12-22(35)16-23(36)13-18)14-24(47)17-46-30-27(29(44-46)31(37)38)33(39,40)7-8-34(30,41)42/h2-6,9-10,12-13,15-16,21,31H,7-8,11,14,17H2,1H3/t21-/m1/s1. The van der Waals surface area contributed by atoms with Crippen LogP contribution in [0, 0.1) is 11.6 Å². The molecule has 3 aromatic heterocycles. The van der Waals surface area contributed by atoms with Gasteiger partial charge in [-0.15, -0.1) is 0 Å². The molecule has 48 heavy (non-hydrogen) atoms. The molecule has 6 nitrogen and oxygen atoms in total. The van der Waals surface area contributed by atoms with E-state index in [1.807, 2.05) is 0 Å². The van der Waals surface area contributed by atoms with E-state index >= 15 is 0 Å². The van der Waals surface area contributed by atoms with Crippen LogP contribution in [-0.2, 0) is 36.7 Å². The van der Waals surface area contributed by atoms with Gasteiger partial charge in [0.2, 0.25) is 0 Å². The molecule has 0 amide bonds. The third kappa shape index (κ3) is 6.22. The molecule has 0 saturated carbocycles. The molecule has 2 aromatic carbocycles. The van der Waals surface area contributed by atoms with Crippen LogP contribution in [0.1, 0.15) is 59.8 Å². The second-order valence-corrected chi connectivity index (χ2v) is 11.9. The number of carbonyl (C=O) groups excluding carboxylic acids is 1. The van der Waals surface area contributed by atoms with E-state index in [0.29, 0.717) is 28.0 Å². The Hall–Kier alpha value is -4.88. The Morgan fingerprint density at radius 3 is 2.35 bits per heavy atom. The highest BCUT2D eigenvalue weighted by molar-refractivity contribution is 5.87. The molecule has 1 aliphatic rings. The Balaban J connectivity index is 1.42. The normalized spacial score (nSPS) is 15.9. The smallest absolute Gasteiger partial charge is 0.290 e. The molecule has 6 rings (SSSR count). The highest BCUT2D eigenvalue weighted by Gasteiger charge is 2.55. The fraction of sp³-hybridized carbons (Fsp3) is 0.294. The van der Waals surface area contributed by atoms with Gasteiger partial charge in [0, 0.05) is 61.6 Å².